The lowest BCUT2D eigenvalue weighted by atomic mass is 10.2. The molecule has 0 atom stereocenters. The molecule has 0 aliphatic carbocycles. The number of hydrogen-bond acceptors (Lipinski definition) is 2. The van der Waals surface area contributed by atoms with E-state index < -0.39 is 0 Å². The quantitative estimate of drug-likeness (QED) is 0.610. The molecule has 2 nitrogen and oxygen atoms in total. The normalized spacial score (nSPS) is 13.5. The predicted octanol–water partition coefficient (Wildman–Crippen LogP) is 2.22. The molecule has 0 bridgehead atoms. The molecule has 1 aromatic carbocycles. The monoisotopic (exact) mass is 177 g/mol. The third-order valence-corrected chi connectivity index (χ3v) is 1.84. The molecular formula is C9H7NOS. The minimum absolute atomic E-state index is 0.834. The number of thiocarbonyl (C=S) groups is 1. The maximum absolute atomic E-state index is 5.37. The molecule has 12 heavy (non-hydrogen) atoms. The van der Waals surface area contributed by atoms with Crippen LogP contribution in [0.5, 0.6) is 5.75 Å². The molecule has 0 spiro atoms. The van der Waals surface area contributed by atoms with Crippen molar-refractivity contribution in [2.24, 2.45) is 0 Å². The molecule has 3 heteroatoms. The molecule has 0 saturated heterocycles. The van der Waals surface area contributed by atoms with Crippen molar-refractivity contribution in [3.05, 3.63) is 36.0 Å². The lowest BCUT2D eigenvalue weighted by Gasteiger charge is -2.20. The van der Waals surface area contributed by atoms with Crippen LogP contribution in [0.4, 0.5) is 0 Å². The number of hydrogen-bond donors (Lipinski definition) is 0. The number of fused-ring (bicyclic) bond motifs is 1. The summed E-state index contributed by atoms with van der Waals surface area (Å²) in [5.41, 5.74) is 2.53. The summed E-state index contributed by atoms with van der Waals surface area (Å²) < 4.78 is 0. The van der Waals surface area contributed by atoms with Crippen molar-refractivity contribution >= 4 is 23.8 Å². The van der Waals surface area contributed by atoms with Crippen molar-refractivity contribution in [1.29, 1.82) is 0 Å². The highest BCUT2D eigenvalue weighted by atomic mass is 32.1. The summed E-state index contributed by atoms with van der Waals surface area (Å²) in [6.07, 6.45) is 3.75. The summed E-state index contributed by atoms with van der Waals surface area (Å²) in [5, 5.41) is 1.50. The molecule has 0 amide bonds. The first-order valence-corrected chi connectivity index (χ1v) is 4.06. The van der Waals surface area contributed by atoms with E-state index >= 15 is 0 Å². The van der Waals surface area contributed by atoms with Gasteiger partial charge in [-0.05, 0) is 12.1 Å². The summed E-state index contributed by atoms with van der Waals surface area (Å²) in [6.45, 7) is 0. The van der Waals surface area contributed by atoms with E-state index in [2.05, 4.69) is 0 Å². The first-order valence-electron chi connectivity index (χ1n) is 3.59. The van der Waals surface area contributed by atoms with Crippen molar-refractivity contribution in [2.45, 2.75) is 0 Å². The van der Waals surface area contributed by atoms with Crippen molar-refractivity contribution in [2.75, 3.05) is 0 Å². The Morgan fingerprint density at radius 3 is 3.00 bits per heavy atom. The molecular weight excluding hydrogens is 170 g/mol. The molecule has 0 unspecified atom stereocenters. The molecule has 1 heterocycles. The average molecular weight is 177 g/mol. The fourth-order valence-electron chi connectivity index (χ4n) is 1.06. The Kier molecular flexibility index (Phi) is 1.80. The minimum atomic E-state index is 0.834. The first-order chi connectivity index (χ1) is 5.90. The largest absolute Gasteiger partial charge is 0.374 e. The van der Waals surface area contributed by atoms with E-state index in [1.54, 1.807) is 6.20 Å². The maximum atomic E-state index is 5.37. The number of benzene rings is 1. The molecule has 1 aliphatic rings. The molecule has 1 aromatic rings. The Morgan fingerprint density at radius 2 is 2.17 bits per heavy atom. The van der Waals surface area contributed by atoms with Crippen molar-refractivity contribution in [3.63, 3.8) is 0 Å². The summed E-state index contributed by atoms with van der Waals surface area (Å²) in [5.74, 6) is 0.834. The number of para-hydroxylation sites is 1. The molecule has 2 rings (SSSR count). The van der Waals surface area contributed by atoms with Gasteiger partial charge in [-0.15, -0.1) is 0 Å². The molecule has 1 aliphatic heterocycles. The van der Waals surface area contributed by atoms with Crippen LogP contribution in [0.3, 0.4) is 0 Å². The summed E-state index contributed by atoms with van der Waals surface area (Å²) in [7, 11) is 0. The highest BCUT2D eigenvalue weighted by Crippen LogP contribution is 2.23. The van der Waals surface area contributed by atoms with Gasteiger partial charge >= 0.3 is 0 Å². The van der Waals surface area contributed by atoms with Gasteiger partial charge in [0.2, 0.25) is 0 Å². The van der Waals surface area contributed by atoms with E-state index in [9.17, 15) is 0 Å². The Morgan fingerprint density at radius 1 is 1.33 bits per heavy atom. The van der Waals surface area contributed by atoms with E-state index in [0.717, 1.165) is 11.3 Å². The Labute approximate surface area is 76.0 Å². The highest BCUT2D eigenvalue weighted by molar-refractivity contribution is 7.78. The van der Waals surface area contributed by atoms with Crippen LogP contribution >= 0.6 is 12.2 Å². The van der Waals surface area contributed by atoms with Crippen LogP contribution in [0, 0.1) is 0 Å². The third-order valence-electron chi connectivity index (χ3n) is 1.63. The van der Waals surface area contributed by atoms with Gasteiger partial charge in [0.1, 0.15) is 5.49 Å². The van der Waals surface area contributed by atoms with Gasteiger partial charge in [-0.3, -0.25) is 0 Å². The fraction of sp³-hybridized carbons (Fsp3) is 0. The van der Waals surface area contributed by atoms with E-state index in [4.69, 9.17) is 17.1 Å². The number of nitrogens with zero attached hydrogens (tertiary/aromatic N) is 1. The predicted molar refractivity (Wildman–Crippen MR) is 51.6 cm³/mol. The van der Waals surface area contributed by atoms with Gasteiger partial charge in [-0.1, -0.05) is 30.4 Å². The number of rotatable bonds is 1. The summed E-state index contributed by atoms with van der Waals surface area (Å²) in [4.78, 5) is 5.37. The van der Waals surface area contributed by atoms with Crippen molar-refractivity contribution < 1.29 is 4.84 Å². The SMILES string of the molecule is S=CN1C=Cc2ccccc2O1. The van der Waals surface area contributed by atoms with Crippen LogP contribution in [-0.4, -0.2) is 10.6 Å². The zero-order valence-corrected chi connectivity index (χ0v) is 7.12. The van der Waals surface area contributed by atoms with Gasteiger partial charge in [0.25, 0.3) is 0 Å². The smallest absolute Gasteiger partial charge is 0.163 e. The van der Waals surface area contributed by atoms with Gasteiger partial charge in [0.05, 0.1) is 0 Å². The zero-order chi connectivity index (χ0) is 8.39. The van der Waals surface area contributed by atoms with Gasteiger partial charge < -0.3 is 4.84 Å². The summed E-state index contributed by atoms with van der Waals surface area (Å²) in [6, 6.07) is 7.80. The van der Waals surface area contributed by atoms with Gasteiger partial charge in [0.15, 0.2) is 5.75 Å². The van der Waals surface area contributed by atoms with Crippen LogP contribution in [-0.2, 0) is 0 Å². The van der Waals surface area contributed by atoms with E-state index in [-0.39, 0.29) is 0 Å². The van der Waals surface area contributed by atoms with Gasteiger partial charge in [-0.2, -0.15) is 5.06 Å². The van der Waals surface area contributed by atoms with Crippen LogP contribution in [0.25, 0.3) is 6.08 Å². The van der Waals surface area contributed by atoms with Crippen LogP contribution in [0.2, 0.25) is 0 Å². The number of hydroxylamine groups is 2. The Bertz CT molecular complexity index is 335. The van der Waals surface area contributed by atoms with Gasteiger partial charge in [-0.25, -0.2) is 0 Å². The third kappa shape index (κ3) is 1.19. The second-order valence-electron chi connectivity index (χ2n) is 2.41. The second-order valence-corrected chi connectivity index (χ2v) is 2.62. The molecule has 60 valence electrons. The minimum Gasteiger partial charge on any atom is -0.374 e. The first kappa shape index (κ1) is 7.31. The molecule has 0 radical (unpaired) electrons. The van der Waals surface area contributed by atoms with E-state index in [1.165, 1.54) is 10.6 Å². The van der Waals surface area contributed by atoms with Gasteiger partial charge in [0, 0.05) is 11.8 Å². The topological polar surface area (TPSA) is 12.5 Å². The molecule has 0 fully saturated rings. The molecule has 0 saturated carbocycles. The van der Waals surface area contributed by atoms with Crippen molar-refractivity contribution in [3.8, 4) is 5.75 Å². The lowest BCUT2D eigenvalue weighted by molar-refractivity contribution is 0.0781. The second kappa shape index (κ2) is 2.95. The Hall–Kier alpha value is -1.35. The Balaban J connectivity index is 2.39. The van der Waals surface area contributed by atoms with E-state index in [0.29, 0.717) is 0 Å². The molecule has 0 aromatic heterocycles. The fourth-order valence-corrected chi connectivity index (χ4v) is 1.17. The lowest BCUT2D eigenvalue weighted by Crippen LogP contribution is -2.20. The maximum Gasteiger partial charge on any atom is 0.163 e. The highest BCUT2D eigenvalue weighted by Gasteiger charge is 2.07. The van der Waals surface area contributed by atoms with Crippen LogP contribution in [0.1, 0.15) is 5.56 Å². The van der Waals surface area contributed by atoms with Crippen LogP contribution in [0.15, 0.2) is 30.5 Å². The summed E-state index contributed by atoms with van der Waals surface area (Å²) >= 11 is 4.73. The van der Waals surface area contributed by atoms with Crippen LogP contribution < -0.4 is 4.84 Å². The standard InChI is InChI=1S/C9H7NOS/c12-7-10-6-5-8-3-1-2-4-9(8)11-10/h1-7H. The average Bonchev–Trinajstić information content (AvgIpc) is 2.17. The molecule has 0 N–H and O–H groups in total. The van der Waals surface area contributed by atoms with Crippen molar-refractivity contribution in [1.82, 2.24) is 5.06 Å². The van der Waals surface area contributed by atoms with E-state index in [1.807, 2.05) is 30.3 Å². The zero-order valence-electron chi connectivity index (χ0n) is 6.31.